The fourth-order valence-corrected chi connectivity index (χ4v) is 2.79. The average Bonchev–Trinajstić information content (AvgIpc) is 2.65. The van der Waals surface area contributed by atoms with Crippen molar-refractivity contribution in [3.05, 3.63) is 53.9 Å². The van der Waals surface area contributed by atoms with Crippen LogP contribution in [0.25, 0.3) is 0 Å². The SMILES string of the molecule is CC(=O)N1CCN(c2ccnc(C(=O)Nc3ccc(F)c(F)c3)c2)CC1. The van der Waals surface area contributed by atoms with E-state index in [1.165, 1.54) is 12.3 Å². The van der Waals surface area contributed by atoms with Crippen LogP contribution in [0.15, 0.2) is 36.5 Å². The van der Waals surface area contributed by atoms with E-state index in [-0.39, 0.29) is 17.3 Å². The molecule has 1 aromatic carbocycles. The van der Waals surface area contributed by atoms with Gasteiger partial charge in [0.2, 0.25) is 5.91 Å². The number of aromatic nitrogens is 1. The van der Waals surface area contributed by atoms with E-state index >= 15 is 0 Å². The van der Waals surface area contributed by atoms with Crippen LogP contribution in [0.4, 0.5) is 20.2 Å². The number of carbonyl (C=O) groups is 2. The molecule has 0 atom stereocenters. The van der Waals surface area contributed by atoms with Crippen LogP contribution < -0.4 is 10.2 Å². The summed E-state index contributed by atoms with van der Waals surface area (Å²) in [5.74, 6) is -2.48. The Morgan fingerprint density at radius 3 is 2.42 bits per heavy atom. The van der Waals surface area contributed by atoms with Crippen LogP contribution in [-0.2, 0) is 4.79 Å². The Hall–Kier alpha value is -3.03. The fraction of sp³-hybridized carbons (Fsp3) is 0.278. The first-order valence-electron chi connectivity index (χ1n) is 8.17. The first-order valence-corrected chi connectivity index (χ1v) is 8.17. The van der Waals surface area contributed by atoms with E-state index < -0.39 is 17.5 Å². The van der Waals surface area contributed by atoms with Crippen LogP contribution in [0, 0.1) is 11.6 Å². The van der Waals surface area contributed by atoms with Crippen molar-refractivity contribution < 1.29 is 18.4 Å². The maximum atomic E-state index is 13.3. The van der Waals surface area contributed by atoms with Crippen molar-refractivity contribution in [2.24, 2.45) is 0 Å². The molecule has 1 aliphatic heterocycles. The zero-order valence-corrected chi connectivity index (χ0v) is 14.2. The van der Waals surface area contributed by atoms with Crippen molar-refractivity contribution in [3.8, 4) is 0 Å². The van der Waals surface area contributed by atoms with E-state index in [4.69, 9.17) is 0 Å². The molecule has 1 aromatic heterocycles. The minimum Gasteiger partial charge on any atom is -0.368 e. The molecule has 26 heavy (non-hydrogen) atoms. The maximum absolute atomic E-state index is 13.3. The Kier molecular flexibility index (Phi) is 5.11. The van der Waals surface area contributed by atoms with Crippen LogP contribution in [0.1, 0.15) is 17.4 Å². The van der Waals surface area contributed by atoms with Gasteiger partial charge in [-0.15, -0.1) is 0 Å². The summed E-state index contributed by atoms with van der Waals surface area (Å²) in [6.45, 7) is 4.10. The van der Waals surface area contributed by atoms with Gasteiger partial charge in [0.1, 0.15) is 5.69 Å². The topological polar surface area (TPSA) is 65.5 Å². The van der Waals surface area contributed by atoms with Crippen molar-refractivity contribution in [2.75, 3.05) is 36.4 Å². The molecule has 8 heteroatoms. The second-order valence-corrected chi connectivity index (χ2v) is 5.98. The summed E-state index contributed by atoms with van der Waals surface area (Å²) in [6, 6.07) is 6.57. The molecule has 2 heterocycles. The maximum Gasteiger partial charge on any atom is 0.274 e. The third kappa shape index (κ3) is 3.96. The van der Waals surface area contributed by atoms with Crippen molar-refractivity contribution in [1.82, 2.24) is 9.88 Å². The van der Waals surface area contributed by atoms with E-state index in [1.54, 1.807) is 24.0 Å². The minimum atomic E-state index is -1.03. The van der Waals surface area contributed by atoms with Crippen molar-refractivity contribution in [2.45, 2.75) is 6.92 Å². The lowest BCUT2D eigenvalue weighted by molar-refractivity contribution is -0.129. The molecule has 0 bridgehead atoms. The Morgan fingerprint density at radius 2 is 1.77 bits per heavy atom. The number of carbonyl (C=O) groups excluding carboxylic acids is 2. The predicted octanol–water partition coefficient (Wildman–Crippen LogP) is 2.28. The highest BCUT2D eigenvalue weighted by Crippen LogP contribution is 2.18. The lowest BCUT2D eigenvalue weighted by Gasteiger charge is -2.35. The number of benzene rings is 1. The lowest BCUT2D eigenvalue weighted by Crippen LogP contribution is -2.48. The van der Waals surface area contributed by atoms with E-state index in [2.05, 4.69) is 15.2 Å². The summed E-state index contributed by atoms with van der Waals surface area (Å²) in [5, 5.41) is 2.50. The Morgan fingerprint density at radius 1 is 1.04 bits per heavy atom. The van der Waals surface area contributed by atoms with Gasteiger partial charge in [-0.25, -0.2) is 8.78 Å². The molecule has 1 saturated heterocycles. The molecule has 0 saturated carbocycles. The standard InChI is InChI=1S/C18H18F2N4O2/c1-12(25)23-6-8-24(9-7-23)14-4-5-21-17(11-14)18(26)22-13-2-3-15(19)16(20)10-13/h2-5,10-11H,6-9H2,1H3,(H,22,26). The highest BCUT2D eigenvalue weighted by Gasteiger charge is 2.20. The van der Waals surface area contributed by atoms with Gasteiger partial charge in [-0.1, -0.05) is 0 Å². The molecule has 1 fully saturated rings. The molecule has 0 unspecified atom stereocenters. The van der Waals surface area contributed by atoms with Gasteiger partial charge in [0.25, 0.3) is 5.91 Å². The van der Waals surface area contributed by atoms with E-state index in [0.717, 1.165) is 17.8 Å². The zero-order valence-electron chi connectivity index (χ0n) is 14.2. The average molecular weight is 360 g/mol. The number of pyridine rings is 1. The first kappa shape index (κ1) is 17.8. The quantitative estimate of drug-likeness (QED) is 0.912. The number of nitrogens with zero attached hydrogens (tertiary/aromatic N) is 3. The molecule has 2 amide bonds. The number of piperazine rings is 1. The van der Waals surface area contributed by atoms with Gasteiger partial charge >= 0.3 is 0 Å². The number of rotatable bonds is 3. The summed E-state index contributed by atoms with van der Waals surface area (Å²) in [6.07, 6.45) is 1.52. The molecule has 1 aliphatic rings. The van der Waals surface area contributed by atoms with Gasteiger partial charge in [-0.05, 0) is 24.3 Å². The van der Waals surface area contributed by atoms with Gasteiger partial charge in [-0.2, -0.15) is 0 Å². The monoisotopic (exact) mass is 360 g/mol. The number of nitrogens with one attached hydrogen (secondary N) is 1. The van der Waals surface area contributed by atoms with Crippen molar-refractivity contribution in [1.29, 1.82) is 0 Å². The predicted molar refractivity (Wildman–Crippen MR) is 93.0 cm³/mol. The molecule has 0 spiro atoms. The Balaban J connectivity index is 1.69. The van der Waals surface area contributed by atoms with Gasteiger partial charge in [0, 0.05) is 56.7 Å². The molecule has 6 nitrogen and oxygen atoms in total. The number of halogens is 2. The van der Waals surface area contributed by atoms with Gasteiger partial charge in [-0.3, -0.25) is 14.6 Å². The van der Waals surface area contributed by atoms with E-state index in [0.29, 0.717) is 26.2 Å². The lowest BCUT2D eigenvalue weighted by atomic mass is 10.2. The van der Waals surface area contributed by atoms with Gasteiger partial charge < -0.3 is 15.1 Å². The summed E-state index contributed by atoms with van der Waals surface area (Å²) in [4.78, 5) is 31.6. The molecule has 1 N–H and O–H groups in total. The molecular formula is C18H18F2N4O2. The molecule has 0 radical (unpaired) electrons. The third-order valence-electron chi connectivity index (χ3n) is 4.24. The normalized spacial score (nSPS) is 14.3. The summed E-state index contributed by atoms with van der Waals surface area (Å²) >= 11 is 0. The van der Waals surface area contributed by atoms with Crippen LogP contribution >= 0.6 is 0 Å². The molecule has 2 aromatic rings. The van der Waals surface area contributed by atoms with Crippen molar-refractivity contribution in [3.63, 3.8) is 0 Å². The number of amides is 2. The summed E-state index contributed by atoms with van der Waals surface area (Å²) < 4.78 is 26.2. The Labute approximate surface area is 149 Å². The molecular weight excluding hydrogens is 342 g/mol. The van der Waals surface area contributed by atoms with Gasteiger partial charge in [0.15, 0.2) is 11.6 Å². The summed E-state index contributed by atoms with van der Waals surface area (Å²) in [5.41, 5.74) is 1.14. The molecule has 136 valence electrons. The van der Waals surface area contributed by atoms with Crippen LogP contribution in [0.2, 0.25) is 0 Å². The number of anilines is 2. The largest absolute Gasteiger partial charge is 0.368 e. The second kappa shape index (κ2) is 7.47. The number of hydrogen-bond donors (Lipinski definition) is 1. The molecule has 3 rings (SSSR count). The Bertz CT molecular complexity index is 836. The highest BCUT2D eigenvalue weighted by molar-refractivity contribution is 6.03. The van der Waals surface area contributed by atoms with Crippen LogP contribution in [0.5, 0.6) is 0 Å². The second-order valence-electron chi connectivity index (χ2n) is 5.98. The van der Waals surface area contributed by atoms with Crippen LogP contribution in [0.3, 0.4) is 0 Å². The highest BCUT2D eigenvalue weighted by atomic mass is 19.2. The molecule has 0 aliphatic carbocycles. The first-order chi connectivity index (χ1) is 12.4. The van der Waals surface area contributed by atoms with E-state index in [1.807, 2.05) is 0 Å². The third-order valence-corrected chi connectivity index (χ3v) is 4.24. The van der Waals surface area contributed by atoms with Gasteiger partial charge in [0.05, 0.1) is 0 Å². The number of hydrogen-bond acceptors (Lipinski definition) is 4. The smallest absolute Gasteiger partial charge is 0.274 e. The van der Waals surface area contributed by atoms with Crippen molar-refractivity contribution >= 4 is 23.2 Å². The van der Waals surface area contributed by atoms with E-state index in [9.17, 15) is 18.4 Å². The van der Waals surface area contributed by atoms with Crippen LogP contribution in [-0.4, -0.2) is 47.9 Å². The minimum absolute atomic E-state index is 0.0472. The summed E-state index contributed by atoms with van der Waals surface area (Å²) in [7, 11) is 0. The zero-order chi connectivity index (χ0) is 18.7. The fourth-order valence-electron chi connectivity index (χ4n) is 2.79.